The van der Waals surface area contributed by atoms with E-state index >= 15 is 0 Å². The van der Waals surface area contributed by atoms with Gasteiger partial charge < -0.3 is 10.1 Å². The van der Waals surface area contributed by atoms with Crippen LogP contribution >= 0.6 is 11.3 Å². The van der Waals surface area contributed by atoms with Crippen LogP contribution in [0, 0.1) is 11.3 Å². The average molecular weight is 426 g/mol. The first-order valence-corrected chi connectivity index (χ1v) is 10.7. The Morgan fingerprint density at radius 3 is 2.71 bits per heavy atom. The maximum atomic E-state index is 12.1. The highest BCUT2D eigenvalue weighted by molar-refractivity contribution is 7.11. The number of aromatic nitrogens is 1. The van der Waals surface area contributed by atoms with Gasteiger partial charge in [-0.2, -0.15) is 5.26 Å². The highest BCUT2D eigenvalue weighted by atomic mass is 32.1. The molecule has 3 aromatic carbocycles. The number of anilines is 1. The third kappa shape index (κ3) is 4.47. The molecule has 0 spiro atoms. The molecule has 0 unspecified atom stereocenters. The summed E-state index contributed by atoms with van der Waals surface area (Å²) in [6, 6.07) is 23.6. The Bertz CT molecular complexity index is 1320. The number of hydrogen-bond acceptors (Lipinski definition) is 6. The summed E-state index contributed by atoms with van der Waals surface area (Å²) in [6.07, 6.45) is 1.57. The summed E-state index contributed by atoms with van der Waals surface area (Å²) in [6.45, 7) is 2.06. The Hall–Kier alpha value is -3.95. The molecule has 1 aromatic heterocycles. The van der Waals surface area contributed by atoms with Gasteiger partial charge in [0.05, 0.1) is 23.6 Å². The highest BCUT2D eigenvalue weighted by Crippen LogP contribution is 2.28. The molecule has 0 radical (unpaired) electrons. The number of para-hydroxylation sites is 1. The van der Waals surface area contributed by atoms with Crippen LogP contribution in [0.2, 0.25) is 0 Å². The molecule has 0 aliphatic carbocycles. The van der Waals surface area contributed by atoms with Gasteiger partial charge in [-0.25, -0.2) is 9.78 Å². The van der Waals surface area contributed by atoms with Crippen molar-refractivity contribution >= 4 is 39.3 Å². The van der Waals surface area contributed by atoms with Crippen molar-refractivity contribution in [1.29, 1.82) is 5.26 Å². The van der Waals surface area contributed by atoms with Gasteiger partial charge in [0, 0.05) is 17.1 Å². The molecule has 0 bridgehead atoms. The predicted molar refractivity (Wildman–Crippen MR) is 125 cm³/mol. The number of nitriles is 1. The zero-order chi connectivity index (χ0) is 21.6. The summed E-state index contributed by atoms with van der Waals surface area (Å²) in [5.74, 6) is -0.412. The first-order chi connectivity index (χ1) is 15.2. The summed E-state index contributed by atoms with van der Waals surface area (Å²) >= 11 is 1.40. The van der Waals surface area contributed by atoms with Gasteiger partial charge in [0.1, 0.15) is 16.6 Å². The van der Waals surface area contributed by atoms with E-state index in [9.17, 15) is 10.1 Å². The molecule has 1 N–H and O–H groups in total. The number of esters is 1. The van der Waals surface area contributed by atoms with Crippen molar-refractivity contribution in [3.8, 4) is 17.3 Å². The number of allylic oxidation sites excluding steroid dienone is 1. The van der Waals surface area contributed by atoms with E-state index in [2.05, 4.69) is 40.6 Å². The first-order valence-electron chi connectivity index (χ1n) is 9.77. The first kappa shape index (κ1) is 20.3. The van der Waals surface area contributed by atoms with Crippen LogP contribution in [0.4, 0.5) is 5.69 Å². The second kappa shape index (κ2) is 9.24. The van der Waals surface area contributed by atoms with Gasteiger partial charge in [0.2, 0.25) is 0 Å². The predicted octanol–water partition coefficient (Wildman–Crippen LogP) is 6.12. The lowest BCUT2D eigenvalue weighted by atomic mass is 10.1. The second-order valence-electron chi connectivity index (χ2n) is 6.68. The molecule has 0 aliphatic heterocycles. The van der Waals surface area contributed by atoms with Crippen LogP contribution in [0.5, 0.6) is 0 Å². The molecule has 0 atom stereocenters. The third-order valence-corrected chi connectivity index (χ3v) is 5.57. The van der Waals surface area contributed by atoms with Crippen LogP contribution in [0.15, 0.2) is 78.3 Å². The molecule has 0 fully saturated rings. The van der Waals surface area contributed by atoms with Crippen molar-refractivity contribution in [3.63, 3.8) is 0 Å². The topological polar surface area (TPSA) is 75.0 Å². The number of benzene rings is 3. The van der Waals surface area contributed by atoms with Gasteiger partial charge in [-0.05, 0) is 35.9 Å². The van der Waals surface area contributed by atoms with Crippen molar-refractivity contribution in [2.45, 2.75) is 6.92 Å². The Kier molecular flexibility index (Phi) is 6.06. The summed E-state index contributed by atoms with van der Waals surface area (Å²) in [5.41, 5.74) is 3.18. The van der Waals surface area contributed by atoms with E-state index in [-0.39, 0.29) is 0 Å². The minimum absolute atomic E-state index is 0.295. The number of ether oxygens (including phenoxy) is 1. The fraction of sp³-hybridized carbons (Fsp3) is 0.0800. The molecule has 4 rings (SSSR count). The molecular weight excluding hydrogens is 406 g/mol. The van der Waals surface area contributed by atoms with Gasteiger partial charge in [-0.15, -0.1) is 11.3 Å². The van der Waals surface area contributed by atoms with Gasteiger partial charge in [0.15, 0.2) is 0 Å². The lowest BCUT2D eigenvalue weighted by Gasteiger charge is -2.08. The number of carbonyl (C=O) groups excluding carboxylic acids is 1. The summed E-state index contributed by atoms with van der Waals surface area (Å²) < 4.78 is 5.09. The van der Waals surface area contributed by atoms with Crippen molar-refractivity contribution in [2.75, 3.05) is 11.9 Å². The minimum Gasteiger partial charge on any atom is -0.462 e. The second-order valence-corrected chi connectivity index (χ2v) is 7.54. The minimum atomic E-state index is -0.412. The highest BCUT2D eigenvalue weighted by Gasteiger charge is 2.13. The number of fused-ring (bicyclic) bond motifs is 1. The number of thiazole rings is 1. The average Bonchev–Trinajstić information content (AvgIpc) is 3.30. The number of carbonyl (C=O) groups is 1. The summed E-state index contributed by atoms with van der Waals surface area (Å²) in [7, 11) is 0. The van der Waals surface area contributed by atoms with Crippen molar-refractivity contribution in [2.24, 2.45) is 0 Å². The zero-order valence-corrected chi connectivity index (χ0v) is 17.6. The molecule has 5 nitrogen and oxygen atoms in total. The number of nitrogens with one attached hydrogen (secondary N) is 1. The Balaban J connectivity index is 1.59. The van der Waals surface area contributed by atoms with Gasteiger partial charge >= 0.3 is 5.97 Å². The maximum absolute atomic E-state index is 12.1. The van der Waals surface area contributed by atoms with Crippen LogP contribution in [0.3, 0.4) is 0 Å². The van der Waals surface area contributed by atoms with E-state index in [1.807, 2.05) is 29.6 Å². The number of hydrogen-bond donors (Lipinski definition) is 1. The number of rotatable bonds is 6. The Morgan fingerprint density at radius 1 is 1.13 bits per heavy atom. The molecule has 0 saturated heterocycles. The summed E-state index contributed by atoms with van der Waals surface area (Å²) in [4.78, 5) is 16.8. The third-order valence-electron chi connectivity index (χ3n) is 4.69. The molecule has 152 valence electrons. The lowest BCUT2D eigenvalue weighted by Crippen LogP contribution is -2.07. The molecule has 6 heteroatoms. The van der Waals surface area contributed by atoms with Crippen LogP contribution < -0.4 is 5.32 Å². The van der Waals surface area contributed by atoms with Crippen LogP contribution in [-0.4, -0.2) is 17.6 Å². The molecule has 0 aliphatic rings. The molecule has 0 saturated carbocycles. The van der Waals surface area contributed by atoms with Gasteiger partial charge in [-0.3, -0.25) is 0 Å². The molecule has 31 heavy (non-hydrogen) atoms. The van der Waals surface area contributed by atoms with Crippen LogP contribution in [0.25, 0.3) is 27.6 Å². The van der Waals surface area contributed by atoms with E-state index in [4.69, 9.17) is 4.74 Å². The Labute approximate surface area is 184 Å². The van der Waals surface area contributed by atoms with Crippen molar-refractivity contribution in [3.05, 3.63) is 88.9 Å². The van der Waals surface area contributed by atoms with Crippen LogP contribution in [-0.2, 0) is 4.74 Å². The quantitative estimate of drug-likeness (QED) is 0.298. The SMILES string of the molecule is CCOC(=O)c1ccccc1NC=C(C#N)c1nc(-c2ccc3ccccc3c2)cs1. The Morgan fingerprint density at radius 2 is 1.90 bits per heavy atom. The fourth-order valence-corrected chi connectivity index (χ4v) is 3.96. The number of nitrogens with zero attached hydrogens (tertiary/aromatic N) is 2. The maximum Gasteiger partial charge on any atom is 0.340 e. The van der Waals surface area contributed by atoms with E-state index in [1.54, 1.807) is 31.3 Å². The van der Waals surface area contributed by atoms with Crippen molar-refractivity contribution in [1.82, 2.24) is 4.98 Å². The molecule has 0 amide bonds. The standard InChI is InChI=1S/C25H19N3O2S/c1-2-30-25(29)21-9-5-6-10-22(21)27-15-20(14-26)24-28-23(16-31-24)19-12-11-17-7-3-4-8-18(17)13-19/h3-13,15-16,27H,2H2,1H3. The van der Waals surface area contributed by atoms with E-state index < -0.39 is 5.97 Å². The fourth-order valence-electron chi connectivity index (χ4n) is 3.17. The van der Waals surface area contributed by atoms with E-state index in [0.717, 1.165) is 16.6 Å². The molecule has 4 aromatic rings. The van der Waals surface area contributed by atoms with Crippen LogP contribution in [0.1, 0.15) is 22.3 Å². The summed E-state index contributed by atoms with van der Waals surface area (Å²) in [5, 5.41) is 17.6. The molecular formula is C25H19N3O2S. The zero-order valence-electron chi connectivity index (χ0n) is 16.8. The van der Waals surface area contributed by atoms with E-state index in [0.29, 0.717) is 28.4 Å². The smallest absolute Gasteiger partial charge is 0.340 e. The van der Waals surface area contributed by atoms with E-state index in [1.165, 1.54) is 16.7 Å². The normalized spacial score (nSPS) is 11.2. The monoisotopic (exact) mass is 425 g/mol. The largest absolute Gasteiger partial charge is 0.462 e. The molecule has 1 heterocycles. The van der Waals surface area contributed by atoms with Crippen molar-refractivity contribution < 1.29 is 9.53 Å². The lowest BCUT2D eigenvalue weighted by molar-refractivity contribution is 0.0527. The van der Waals surface area contributed by atoms with Gasteiger partial charge in [-0.1, -0.05) is 48.5 Å². The van der Waals surface area contributed by atoms with Gasteiger partial charge in [0.25, 0.3) is 0 Å².